The van der Waals surface area contributed by atoms with E-state index < -0.39 is 10.1 Å². The molecule has 0 amide bonds. The van der Waals surface area contributed by atoms with E-state index in [-0.39, 0.29) is 23.2 Å². The van der Waals surface area contributed by atoms with E-state index in [1.165, 1.54) is 0 Å². The standard InChI is InChI=1S/C6H12O4S2/c1-2-5(6(7)11)3-4-12(8,9)10/h5H,2-4H2,1H3,(H,7,11)(H,8,9,10). The fraction of sp³-hybridized carbons (Fsp3) is 0.833. The molecule has 0 aliphatic carbocycles. The maximum Gasteiger partial charge on any atom is 0.264 e. The molecule has 72 valence electrons. The maximum atomic E-state index is 10.7. The second kappa shape index (κ2) is 4.84. The predicted molar refractivity (Wildman–Crippen MR) is 48.8 cm³/mol. The van der Waals surface area contributed by atoms with Crippen LogP contribution in [-0.2, 0) is 14.9 Å². The van der Waals surface area contributed by atoms with Crippen LogP contribution in [0.4, 0.5) is 0 Å². The number of hydrogen-bond donors (Lipinski definition) is 2. The van der Waals surface area contributed by atoms with Crippen molar-refractivity contribution in [2.45, 2.75) is 19.8 Å². The summed E-state index contributed by atoms with van der Waals surface area (Å²) in [6.45, 7) is 1.77. The average Bonchev–Trinajstić information content (AvgIpc) is 1.85. The van der Waals surface area contributed by atoms with Crippen molar-refractivity contribution < 1.29 is 17.8 Å². The van der Waals surface area contributed by atoms with Crippen molar-refractivity contribution in [3.05, 3.63) is 0 Å². The van der Waals surface area contributed by atoms with Gasteiger partial charge in [0.25, 0.3) is 10.1 Å². The Hall–Kier alpha value is -0.0700. The number of hydrogen-bond acceptors (Lipinski definition) is 3. The molecule has 6 heteroatoms. The Balaban J connectivity index is 3.98. The van der Waals surface area contributed by atoms with Gasteiger partial charge in [0, 0.05) is 5.92 Å². The smallest absolute Gasteiger partial charge is 0.264 e. The van der Waals surface area contributed by atoms with Crippen LogP contribution in [0.5, 0.6) is 0 Å². The lowest BCUT2D eigenvalue weighted by molar-refractivity contribution is -0.114. The summed E-state index contributed by atoms with van der Waals surface area (Å²) < 4.78 is 29.0. The van der Waals surface area contributed by atoms with E-state index in [9.17, 15) is 13.2 Å². The SMILES string of the molecule is CCC(CCS(=O)(=O)O)C(=O)S. The Labute approximate surface area is 77.5 Å². The molecule has 4 nitrogen and oxygen atoms in total. The first-order valence-corrected chi connectivity index (χ1v) is 5.60. The van der Waals surface area contributed by atoms with Crippen LogP contribution in [0.15, 0.2) is 0 Å². The third-order valence-electron chi connectivity index (χ3n) is 1.57. The minimum Gasteiger partial charge on any atom is -0.287 e. The quantitative estimate of drug-likeness (QED) is 0.521. The summed E-state index contributed by atoms with van der Waals surface area (Å²) in [5.41, 5.74) is 0. The molecule has 0 spiro atoms. The van der Waals surface area contributed by atoms with Gasteiger partial charge in [-0.05, 0) is 12.8 Å². The Morgan fingerprint density at radius 1 is 1.58 bits per heavy atom. The minimum absolute atomic E-state index is 0.137. The first-order chi connectivity index (χ1) is 5.37. The summed E-state index contributed by atoms with van der Waals surface area (Å²) in [6.07, 6.45) is 0.676. The van der Waals surface area contributed by atoms with Gasteiger partial charge in [-0.3, -0.25) is 9.35 Å². The normalized spacial score (nSPS) is 14.2. The molecule has 1 N–H and O–H groups in total. The molecule has 0 heterocycles. The molecule has 0 bridgehead atoms. The zero-order chi connectivity index (χ0) is 9.78. The monoisotopic (exact) mass is 212 g/mol. The van der Waals surface area contributed by atoms with Crippen LogP contribution < -0.4 is 0 Å². The number of rotatable bonds is 5. The maximum absolute atomic E-state index is 10.7. The average molecular weight is 212 g/mol. The largest absolute Gasteiger partial charge is 0.287 e. The molecule has 0 saturated heterocycles. The fourth-order valence-electron chi connectivity index (χ4n) is 0.793. The number of carbonyl (C=O) groups excluding carboxylic acids is 1. The molecule has 0 fully saturated rings. The highest BCUT2D eigenvalue weighted by Crippen LogP contribution is 2.12. The first kappa shape index (κ1) is 11.9. The zero-order valence-electron chi connectivity index (χ0n) is 6.73. The van der Waals surface area contributed by atoms with E-state index in [0.29, 0.717) is 6.42 Å². The Bertz CT molecular complexity index is 244. The molecular weight excluding hydrogens is 200 g/mol. The number of thiol groups is 1. The summed E-state index contributed by atoms with van der Waals surface area (Å²) in [4.78, 5) is 10.7. The van der Waals surface area contributed by atoms with Crippen LogP contribution in [0, 0.1) is 5.92 Å². The van der Waals surface area contributed by atoms with E-state index in [1.54, 1.807) is 6.92 Å². The molecule has 0 rings (SSSR count). The summed E-state index contributed by atoms with van der Waals surface area (Å²) >= 11 is 3.59. The molecule has 12 heavy (non-hydrogen) atoms. The number of carbonyl (C=O) groups is 1. The van der Waals surface area contributed by atoms with Crippen LogP contribution in [0.1, 0.15) is 19.8 Å². The van der Waals surface area contributed by atoms with E-state index in [4.69, 9.17) is 4.55 Å². The van der Waals surface area contributed by atoms with Gasteiger partial charge in [-0.1, -0.05) is 6.92 Å². The lowest BCUT2D eigenvalue weighted by atomic mass is 10.1. The van der Waals surface area contributed by atoms with Crippen molar-refractivity contribution in [3.63, 3.8) is 0 Å². The van der Waals surface area contributed by atoms with Gasteiger partial charge in [0.2, 0.25) is 0 Å². The van der Waals surface area contributed by atoms with E-state index in [1.807, 2.05) is 0 Å². The highest BCUT2D eigenvalue weighted by atomic mass is 32.2. The molecule has 0 aliphatic heterocycles. The van der Waals surface area contributed by atoms with Crippen molar-refractivity contribution in [2.75, 3.05) is 5.75 Å². The van der Waals surface area contributed by atoms with Gasteiger partial charge in [-0.25, -0.2) is 0 Å². The summed E-state index contributed by atoms with van der Waals surface area (Å²) in [5.74, 6) is -0.757. The van der Waals surface area contributed by atoms with Crippen molar-refractivity contribution in [3.8, 4) is 0 Å². The molecule has 0 aromatic rings. The molecule has 1 unspecified atom stereocenters. The van der Waals surface area contributed by atoms with Gasteiger partial charge < -0.3 is 0 Å². The highest BCUT2D eigenvalue weighted by molar-refractivity contribution is 7.96. The van der Waals surface area contributed by atoms with Crippen LogP contribution in [0.25, 0.3) is 0 Å². The van der Waals surface area contributed by atoms with Gasteiger partial charge >= 0.3 is 0 Å². The predicted octanol–water partition coefficient (Wildman–Crippen LogP) is 0.747. The second-order valence-corrected chi connectivity index (χ2v) is 4.53. The molecule has 0 aromatic carbocycles. The molecule has 0 radical (unpaired) electrons. The third kappa shape index (κ3) is 5.56. The van der Waals surface area contributed by atoms with Gasteiger partial charge in [0.05, 0.1) is 5.75 Å². The second-order valence-electron chi connectivity index (χ2n) is 2.52. The highest BCUT2D eigenvalue weighted by Gasteiger charge is 2.15. The van der Waals surface area contributed by atoms with Crippen LogP contribution in [-0.4, -0.2) is 23.8 Å². The first-order valence-electron chi connectivity index (χ1n) is 3.54. The van der Waals surface area contributed by atoms with Crippen molar-refractivity contribution in [2.24, 2.45) is 5.92 Å². The summed E-state index contributed by atoms with van der Waals surface area (Å²) in [6, 6.07) is 0. The van der Waals surface area contributed by atoms with Crippen molar-refractivity contribution in [1.82, 2.24) is 0 Å². The lowest BCUT2D eigenvalue weighted by Crippen LogP contribution is -2.14. The van der Waals surface area contributed by atoms with Crippen LogP contribution in [0.3, 0.4) is 0 Å². The van der Waals surface area contributed by atoms with E-state index >= 15 is 0 Å². The van der Waals surface area contributed by atoms with Crippen molar-refractivity contribution >= 4 is 27.9 Å². The molecule has 0 aromatic heterocycles. The molecule has 0 aliphatic rings. The molecule has 1 atom stereocenters. The topological polar surface area (TPSA) is 71.4 Å². The van der Waals surface area contributed by atoms with Crippen molar-refractivity contribution in [1.29, 1.82) is 0 Å². The van der Waals surface area contributed by atoms with Gasteiger partial charge in [0.1, 0.15) is 0 Å². The molecular formula is C6H12O4S2. The van der Waals surface area contributed by atoms with Crippen LogP contribution >= 0.6 is 12.6 Å². The fourth-order valence-corrected chi connectivity index (χ4v) is 1.69. The van der Waals surface area contributed by atoms with E-state index in [0.717, 1.165) is 0 Å². The Morgan fingerprint density at radius 3 is 2.33 bits per heavy atom. The van der Waals surface area contributed by atoms with Gasteiger partial charge in [-0.2, -0.15) is 8.42 Å². The third-order valence-corrected chi connectivity index (χ3v) is 2.68. The van der Waals surface area contributed by atoms with Gasteiger partial charge in [0.15, 0.2) is 5.12 Å². The van der Waals surface area contributed by atoms with Gasteiger partial charge in [-0.15, -0.1) is 12.6 Å². The Kier molecular flexibility index (Phi) is 4.81. The van der Waals surface area contributed by atoms with Crippen LogP contribution in [0.2, 0.25) is 0 Å². The lowest BCUT2D eigenvalue weighted by Gasteiger charge is -2.07. The zero-order valence-corrected chi connectivity index (χ0v) is 8.44. The summed E-state index contributed by atoms with van der Waals surface area (Å²) in [5, 5.41) is -0.332. The summed E-state index contributed by atoms with van der Waals surface area (Å²) in [7, 11) is -3.95. The Morgan fingerprint density at radius 2 is 2.08 bits per heavy atom. The van der Waals surface area contributed by atoms with E-state index in [2.05, 4.69) is 12.6 Å². The minimum atomic E-state index is -3.95. The molecule has 0 saturated carbocycles.